The van der Waals surface area contributed by atoms with Crippen molar-refractivity contribution in [1.82, 2.24) is 0 Å². The lowest BCUT2D eigenvalue weighted by Crippen LogP contribution is -2.62. The van der Waals surface area contributed by atoms with Gasteiger partial charge in [-0.25, -0.2) is 0 Å². The molecule has 0 bridgehead atoms. The Balaban J connectivity index is 1.64. The third kappa shape index (κ3) is 4.46. The van der Waals surface area contributed by atoms with E-state index in [1.165, 1.54) is 24.3 Å². The van der Waals surface area contributed by atoms with Crippen molar-refractivity contribution in [3.05, 3.63) is 46.5 Å². The monoisotopic (exact) mass is 666 g/mol. The summed E-state index contributed by atoms with van der Waals surface area (Å²) < 4.78 is 23.9. The van der Waals surface area contributed by atoms with Gasteiger partial charge in [0.2, 0.25) is 11.2 Å². The van der Waals surface area contributed by atoms with Crippen LogP contribution in [0.4, 0.5) is 0 Å². The third-order valence-corrected chi connectivity index (χ3v) is 9.50. The molecule has 48 heavy (non-hydrogen) atoms. The van der Waals surface area contributed by atoms with Crippen LogP contribution in [-0.4, -0.2) is 90.8 Å². The normalized spacial score (nSPS) is 29.1. The molecule has 0 aromatic heterocycles. The van der Waals surface area contributed by atoms with Gasteiger partial charge in [-0.05, 0) is 24.3 Å². The molecule has 0 unspecified atom stereocenters. The summed E-state index contributed by atoms with van der Waals surface area (Å²) in [5.41, 5.74) is -5.68. The molecule has 6 rings (SSSR count). The second-order valence-corrected chi connectivity index (χ2v) is 12.7. The molecule has 2 heterocycles. The highest BCUT2D eigenvalue weighted by atomic mass is 16.6. The third-order valence-electron chi connectivity index (χ3n) is 9.50. The quantitative estimate of drug-likeness (QED) is 0.252. The molecular weight excluding hydrogens is 632 g/mol. The number of ketones is 2. The molecule has 254 valence electrons. The molecule has 2 aliphatic carbocycles. The van der Waals surface area contributed by atoms with Gasteiger partial charge in [0.25, 0.3) is 0 Å². The lowest BCUT2D eigenvalue weighted by Gasteiger charge is -2.49. The van der Waals surface area contributed by atoms with Crippen LogP contribution in [0.25, 0.3) is 22.6 Å². The maximum Gasteiger partial charge on any atom is 0.303 e. The van der Waals surface area contributed by atoms with Gasteiger partial charge in [0.15, 0.2) is 23.8 Å². The first kappa shape index (κ1) is 32.8. The fourth-order valence-corrected chi connectivity index (χ4v) is 7.60. The van der Waals surface area contributed by atoms with E-state index in [9.17, 15) is 49.8 Å². The van der Waals surface area contributed by atoms with E-state index in [4.69, 9.17) is 18.9 Å². The van der Waals surface area contributed by atoms with Crippen molar-refractivity contribution >= 4 is 35.0 Å². The number of hydrogen-bond acceptors (Lipinski definition) is 14. The molecule has 4 aliphatic rings. The molecule has 2 fully saturated rings. The first-order valence-corrected chi connectivity index (χ1v) is 15.2. The van der Waals surface area contributed by atoms with Gasteiger partial charge in [0, 0.05) is 49.7 Å². The molecule has 6 atom stereocenters. The molecule has 6 N–H and O–H groups in total. The number of Topliss-reactive ketones (excluding diaryl/α,β-unsaturated/α-hetero) is 2. The zero-order valence-corrected chi connectivity index (χ0v) is 26.4. The molecule has 14 nitrogen and oxygen atoms in total. The Morgan fingerprint density at radius 2 is 1.06 bits per heavy atom. The van der Waals surface area contributed by atoms with Crippen LogP contribution in [-0.2, 0) is 28.7 Å². The summed E-state index contributed by atoms with van der Waals surface area (Å²) in [4.78, 5) is 51.0. The van der Waals surface area contributed by atoms with Crippen molar-refractivity contribution in [2.24, 2.45) is 11.8 Å². The number of hydrogen-bond donors (Lipinski definition) is 6. The first-order chi connectivity index (χ1) is 22.6. The number of fused-ring (bicyclic) bond motifs is 4. The van der Waals surface area contributed by atoms with Crippen molar-refractivity contribution in [3.63, 3.8) is 0 Å². The van der Waals surface area contributed by atoms with Gasteiger partial charge in [0.1, 0.15) is 45.6 Å². The lowest BCUT2D eigenvalue weighted by atomic mass is 9.69. The molecule has 2 aromatic carbocycles. The average Bonchev–Trinajstić information content (AvgIpc) is 3.01. The molecule has 0 radical (unpaired) electrons. The molecule has 0 saturated heterocycles. The SMILES string of the molecule is CC(=O)O[C@@H]1[C@H](C)CC(=O)C2=C(O)c3c(O)ccc(-c4ccc(O)c5c4O[C@@]4(CO)C(=C5O)C(=O)C[C@@H](C)[C@H]4OC(C)=O)c3O[C@@]21CO. The Morgan fingerprint density at radius 3 is 1.38 bits per heavy atom. The molecule has 0 amide bonds. The van der Waals surface area contributed by atoms with Crippen LogP contribution in [0.15, 0.2) is 35.4 Å². The van der Waals surface area contributed by atoms with Crippen LogP contribution in [0.2, 0.25) is 0 Å². The van der Waals surface area contributed by atoms with Crippen LogP contribution in [0.3, 0.4) is 0 Å². The van der Waals surface area contributed by atoms with Gasteiger partial charge in [-0.1, -0.05) is 13.8 Å². The zero-order chi connectivity index (χ0) is 35.0. The van der Waals surface area contributed by atoms with E-state index >= 15 is 0 Å². The number of aliphatic hydroxyl groups is 4. The summed E-state index contributed by atoms with van der Waals surface area (Å²) in [6.45, 7) is 3.60. The van der Waals surface area contributed by atoms with Gasteiger partial charge in [-0.15, -0.1) is 0 Å². The number of carbonyl (C=O) groups excluding carboxylic acids is 4. The Kier molecular flexibility index (Phi) is 7.71. The highest BCUT2D eigenvalue weighted by molar-refractivity contribution is 6.08. The van der Waals surface area contributed by atoms with Crippen LogP contribution in [0, 0.1) is 11.8 Å². The van der Waals surface area contributed by atoms with Crippen molar-refractivity contribution in [3.8, 4) is 34.1 Å². The minimum Gasteiger partial charge on any atom is -0.507 e. The highest BCUT2D eigenvalue weighted by Gasteiger charge is 2.61. The minimum absolute atomic E-state index is 0.0216. The zero-order valence-electron chi connectivity index (χ0n) is 26.4. The van der Waals surface area contributed by atoms with E-state index in [0.29, 0.717) is 0 Å². The molecule has 14 heteroatoms. The number of phenols is 2. The summed E-state index contributed by atoms with van der Waals surface area (Å²) in [6.07, 6.45) is -2.88. The van der Waals surface area contributed by atoms with Gasteiger partial charge in [-0.3, -0.25) is 19.2 Å². The van der Waals surface area contributed by atoms with E-state index in [1.807, 2.05) is 0 Å². The smallest absolute Gasteiger partial charge is 0.303 e. The number of carbonyl (C=O) groups is 4. The second-order valence-electron chi connectivity index (χ2n) is 12.7. The molecule has 0 spiro atoms. The van der Waals surface area contributed by atoms with Crippen LogP contribution in [0.5, 0.6) is 23.0 Å². The number of aliphatic hydroxyl groups excluding tert-OH is 4. The minimum atomic E-state index is -2.12. The largest absolute Gasteiger partial charge is 0.507 e. The van der Waals surface area contributed by atoms with Crippen LogP contribution >= 0.6 is 0 Å². The van der Waals surface area contributed by atoms with Gasteiger partial charge < -0.3 is 49.6 Å². The fourth-order valence-electron chi connectivity index (χ4n) is 7.60. The number of esters is 2. The molecule has 2 aromatic rings. The van der Waals surface area contributed by atoms with Crippen LogP contribution in [0.1, 0.15) is 51.7 Å². The van der Waals surface area contributed by atoms with E-state index in [0.717, 1.165) is 13.8 Å². The number of benzene rings is 2. The van der Waals surface area contributed by atoms with Gasteiger partial charge >= 0.3 is 11.9 Å². The summed E-state index contributed by atoms with van der Waals surface area (Å²) >= 11 is 0. The second kappa shape index (κ2) is 11.3. The molecule has 2 aliphatic heterocycles. The van der Waals surface area contributed by atoms with E-state index in [2.05, 4.69) is 0 Å². The number of aromatic hydroxyl groups is 2. The Hall–Kier alpha value is -5.08. The van der Waals surface area contributed by atoms with Crippen LogP contribution < -0.4 is 9.47 Å². The Morgan fingerprint density at radius 1 is 0.708 bits per heavy atom. The molecular formula is C34H34O14. The Labute approximate surface area is 273 Å². The summed E-state index contributed by atoms with van der Waals surface area (Å²) in [7, 11) is 0. The van der Waals surface area contributed by atoms with Crippen molar-refractivity contribution in [2.45, 2.75) is 63.9 Å². The summed E-state index contributed by atoms with van der Waals surface area (Å²) in [5.74, 6) is -7.16. The van der Waals surface area contributed by atoms with Gasteiger partial charge in [0.05, 0.1) is 24.4 Å². The van der Waals surface area contributed by atoms with Crippen molar-refractivity contribution in [2.75, 3.05) is 13.2 Å². The fraction of sp³-hybridized carbons (Fsp3) is 0.412. The maximum absolute atomic E-state index is 13.3. The van der Waals surface area contributed by atoms with Gasteiger partial charge in [-0.2, -0.15) is 0 Å². The topological polar surface area (TPSA) is 227 Å². The Bertz CT molecular complexity index is 1720. The maximum atomic E-state index is 13.3. The summed E-state index contributed by atoms with van der Waals surface area (Å²) in [6, 6.07) is 5.03. The summed E-state index contributed by atoms with van der Waals surface area (Å²) in [5, 5.41) is 66.7. The number of ether oxygens (including phenoxy) is 4. The predicted octanol–water partition coefficient (Wildman–Crippen LogP) is 2.63. The highest BCUT2D eigenvalue weighted by Crippen LogP contribution is 2.57. The molecule has 2 saturated carbocycles. The predicted molar refractivity (Wildman–Crippen MR) is 164 cm³/mol. The van der Waals surface area contributed by atoms with E-state index in [1.54, 1.807) is 13.8 Å². The standard InChI is InChI=1S/C34H34O14/c1-13-9-21(41)25-27(43)23-19(39)7-5-17(29(23)47-33(25,11-35)31(13)45-15(3)37)18-6-8-20(40)24-28(44)26-22(42)10-14(2)32(46-16(4)38)34(26,12-36)48-30(18)24/h5-8,13-14,31-32,35-36,39-40,43-44H,9-12H2,1-4H3/t13-,14-,31-,32-,33+,34+/m1/s1. The van der Waals surface area contributed by atoms with E-state index < -0.39 is 106 Å². The average molecular weight is 667 g/mol. The number of rotatable bonds is 5. The lowest BCUT2D eigenvalue weighted by molar-refractivity contribution is -0.172. The van der Waals surface area contributed by atoms with Crippen molar-refractivity contribution < 1.29 is 68.8 Å². The van der Waals surface area contributed by atoms with E-state index in [-0.39, 0.29) is 46.6 Å². The number of phenolic OH excluding ortho intramolecular Hbond substituents is 2. The van der Waals surface area contributed by atoms with Crippen molar-refractivity contribution in [1.29, 1.82) is 0 Å². The first-order valence-electron chi connectivity index (χ1n) is 15.2.